The molecule has 0 radical (unpaired) electrons. The summed E-state index contributed by atoms with van der Waals surface area (Å²) in [6, 6.07) is 8.04. The number of hydrogen-bond acceptors (Lipinski definition) is 3. The molecule has 2 heterocycles. The van der Waals surface area contributed by atoms with E-state index in [-0.39, 0.29) is 29.8 Å². The second kappa shape index (κ2) is 3.50. The van der Waals surface area contributed by atoms with Crippen LogP contribution in [0.25, 0.3) is 0 Å². The molecule has 1 aromatic carbocycles. The molecule has 4 aliphatic rings. The second-order valence-corrected chi connectivity index (χ2v) is 7.26. The molecule has 0 aromatic heterocycles. The highest BCUT2D eigenvalue weighted by Crippen LogP contribution is 2.67. The first-order valence-electron chi connectivity index (χ1n) is 7.79. The highest BCUT2D eigenvalue weighted by Gasteiger charge is 2.77. The number of carbonyl (C=O) groups excluding carboxylic acids is 1. The molecular weight excluding hydrogens is 266 g/mol. The van der Waals surface area contributed by atoms with Crippen molar-refractivity contribution in [2.45, 2.75) is 38.2 Å². The predicted octanol–water partition coefficient (Wildman–Crippen LogP) is 1.70. The van der Waals surface area contributed by atoms with Crippen LogP contribution >= 0.6 is 0 Å². The highest BCUT2D eigenvalue weighted by molar-refractivity contribution is 6.00. The number of benzene rings is 1. The monoisotopic (exact) mass is 285 g/mol. The number of amides is 1. The van der Waals surface area contributed by atoms with E-state index in [2.05, 4.69) is 0 Å². The van der Waals surface area contributed by atoms with Gasteiger partial charge in [-0.3, -0.25) is 9.69 Å². The minimum atomic E-state index is -0.586. The Bertz CT molecular complexity index is 659. The molecule has 5 rings (SSSR count). The first-order chi connectivity index (χ1) is 10.0. The van der Waals surface area contributed by atoms with Crippen molar-refractivity contribution in [2.75, 3.05) is 4.90 Å². The summed E-state index contributed by atoms with van der Waals surface area (Å²) in [5, 5.41) is 10.4. The lowest BCUT2D eigenvalue weighted by Gasteiger charge is -2.36. The summed E-state index contributed by atoms with van der Waals surface area (Å²) in [5.41, 5.74) is 1.48. The van der Waals surface area contributed by atoms with Gasteiger partial charge >= 0.3 is 0 Å². The molecule has 0 spiro atoms. The number of fused-ring (bicyclic) bond motifs is 2. The van der Waals surface area contributed by atoms with Crippen LogP contribution in [-0.4, -0.2) is 28.9 Å². The zero-order chi connectivity index (χ0) is 14.5. The fourth-order valence-corrected chi connectivity index (χ4v) is 5.63. The summed E-state index contributed by atoms with van der Waals surface area (Å²) in [6.07, 6.45) is 0.410. The normalized spacial score (nSPS) is 49.5. The van der Waals surface area contributed by atoms with Crippen molar-refractivity contribution >= 4 is 11.6 Å². The van der Waals surface area contributed by atoms with E-state index in [1.807, 2.05) is 43.0 Å². The van der Waals surface area contributed by atoms with Crippen LogP contribution in [0, 0.1) is 30.6 Å². The maximum Gasteiger partial charge on any atom is 0.233 e. The number of nitrogens with zero attached hydrogens (tertiary/aromatic N) is 1. The van der Waals surface area contributed by atoms with Crippen molar-refractivity contribution in [1.82, 2.24) is 0 Å². The van der Waals surface area contributed by atoms with Crippen LogP contribution in [0.15, 0.2) is 24.3 Å². The fourth-order valence-electron chi connectivity index (χ4n) is 5.63. The number of rotatable bonds is 1. The number of anilines is 1. The van der Waals surface area contributed by atoms with Gasteiger partial charge in [-0.1, -0.05) is 12.1 Å². The lowest BCUT2D eigenvalue weighted by Crippen LogP contribution is -2.49. The zero-order valence-electron chi connectivity index (χ0n) is 12.2. The summed E-state index contributed by atoms with van der Waals surface area (Å²) in [7, 11) is 0. The topological polar surface area (TPSA) is 49.8 Å². The van der Waals surface area contributed by atoms with E-state index in [4.69, 9.17) is 4.74 Å². The number of hydrogen-bond donors (Lipinski definition) is 1. The molecule has 1 N–H and O–H groups in total. The number of aryl methyl sites for hydroxylation is 1. The van der Waals surface area contributed by atoms with Crippen LogP contribution in [0.1, 0.15) is 18.9 Å². The van der Waals surface area contributed by atoms with Crippen molar-refractivity contribution in [1.29, 1.82) is 0 Å². The smallest absolute Gasteiger partial charge is 0.233 e. The highest BCUT2D eigenvalue weighted by atomic mass is 16.6. The van der Waals surface area contributed by atoms with Gasteiger partial charge < -0.3 is 9.84 Å². The molecule has 4 nitrogen and oxygen atoms in total. The maximum atomic E-state index is 13.0. The Labute approximate surface area is 123 Å². The Morgan fingerprint density at radius 2 is 2.19 bits per heavy atom. The third-order valence-corrected chi connectivity index (χ3v) is 6.25. The van der Waals surface area contributed by atoms with Crippen LogP contribution in [0.2, 0.25) is 0 Å². The van der Waals surface area contributed by atoms with Crippen LogP contribution < -0.4 is 4.90 Å². The van der Waals surface area contributed by atoms with Gasteiger partial charge in [0, 0.05) is 11.6 Å². The number of aliphatic hydroxyl groups is 1. The summed E-state index contributed by atoms with van der Waals surface area (Å²) >= 11 is 0. The maximum absolute atomic E-state index is 13.0. The number of carbonyl (C=O) groups is 1. The van der Waals surface area contributed by atoms with Gasteiger partial charge in [-0.05, 0) is 49.8 Å². The van der Waals surface area contributed by atoms with Gasteiger partial charge in [0.25, 0.3) is 0 Å². The molecular formula is C17H19NO3. The summed E-state index contributed by atoms with van der Waals surface area (Å²) in [4.78, 5) is 14.9. The molecule has 4 fully saturated rings. The Morgan fingerprint density at radius 3 is 2.95 bits per heavy atom. The molecule has 2 aliphatic heterocycles. The van der Waals surface area contributed by atoms with E-state index in [0.717, 1.165) is 17.7 Å². The standard InChI is InChI=1S/C17H19NO3/c1-8-4-3-5-9(6-8)18-16(20)12-10-7-11-13(12)17(18,2)21-15(11)14(10)19/h3-6,10-15,19H,7H2,1-2H3/t10-,11-,12-,13+,14+,15+,17-/m1/s1. The summed E-state index contributed by atoms with van der Waals surface area (Å²) < 4.78 is 6.26. The van der Waals surface area contributed by atoms with Gasteiger partial charge in [-0.15, -0.1) is 0 Å². The average molecular weight is 285 g/mol. The van der Waals surface area contributed by atoms with Crippen molar-refractivity contribution in [2.24, 2.45) is 23.7 Å². The van der Waals surface area contributed by atoms with Crippen LogP contribution in [0.3, 0.4) is 0 Å². The van der Waals surface area contributed by atoms with E-state index in [1.165, 1.54) is 0 Å². The Hall–Kier alpha value is -1.39. The lowest BCUT2D eigenvalue weighted by atomic mass is 9.77. The molecule has 4 heteroatoms. The Kier molecular flexibility index (Phi) is 2.03. The zero-order valence-corrected chi connectivity index (χ0v) is 12.2. The first-order valence-corrected chi connectivity index (χ1v) is 7.79. The van der Waals surface area contributed by atoms with Gasteiger partial charge in [0.2, 0.25) is 5.91 Å². The van der Waals surface area contributed by atoms with Crippen molar-refractivity contribution in [3.8, 4) is 0 Å². The van der Waals surface area contributed by atoms with Gasteiger partial charge in [-0.25, -0.2) is 0 Å². The van der Waals surface area contributed by atoms with Gasteiger partial charge in [0.15, 0.2) is 0 Å². The summed E-state index contributed by atoms with van der Waals surface area (Å²) in [5.74, 6) is 0.754. The van der Waals surface area contributed by atoms with Gasteiger partial charge in [-0.2, -0.15) is 0 Å². The van der Waals surface area contributed by atoms with Gasteiger partial charge in [0.1, 0.15) is 5.72 Å². The van der Waals surface area contributed by atoms with Crippen molar-refractivity contribution < 1.29 is 14.6 Å². The SMILES string of the molecule is Cc1cccc(N2C(=O)[C@@H]3[C@H]4C[C@H]5[C@H](O[C@]2(C)[C@@H]53)[C@H]4O)c1. The quantitative estimate of drug-likeness (QED) is 0.854. The average Bonchev–Trinajstić information content (AvgIpc) is 3.07. The largest absolute Gasteiger partial charge is 0.390 e. The molecule has 2 saturated carbocycles. The van der Waals surface area contributed by atoms with Crippen molar-refractivity contribution in [3.63, 3.8) is 0 Å². The second-order valence-electron chi connectivity index (χ2n) is 7.26. The third kappa shape index (κ3) is 1.19. The number of ether oxygens (including phenoxy) is 1. The van der Waals surface area contributed by atoms with E-state index in [1.54, 1.807) is 0 Å². The number of aliphatic hydroxyl groups excluding tert-OH is 1. The molecule has 1 aromatic rings. The molecule has 2 aliphatic carbocycles. The van der Waals surface area contributed by atoms with E-state index >= 15 is 0 Å². The van der Waals surface area contributed by atoms with Gasteiger partial charge in [0.05, 0.1) is 18.1 Å². The van der Waals surface area contributed by atoms with Crippen LogP contribution in [0.5, 0.6) is 0 Å². The van der Waals surface area contributed by atoms with Crippen molar-refractivity contribution in [3.05, 3.63) is 29.8 Å². The third-order valence-electron chi connectivity index (χ3n) is 6.25. The molecule has 1 amide bonds. The minimum Gasteiger partial charge on any atom is -0.390 e. The lowest BCUT2D eigenvalue weighted by molar-refractivity contribution is -0.131. The summed E-state index contributed by atoms with van der Waals surface area (Å²) in [6.45, 7) is 4.07. The molecule has 0 unspecified atom stereocenters. The molecule has 21 heavy (non-hydrogen) atoms. The van der Waals surface area contributed by atoms with Crippen LogP contribution in [-0.2, 0) is 9.53 Å². The Morgan fingerprint density at radius 1 is 1.38 bits per heavy atom. The first kappa shape index (κ1) is 12.2. The van der Waals surface area contributed by atoms with E-state index < -0.39 is 11.8 Å². The van der Waals surface area contributed by atoms with E-state index in [0.29, 0.717) is 5.92 Å². The minimum absolute atomic E-state index is 0.0609. The Balaban J connectivity index is 1.66. The molecule has 7 atom stereocenters. The van der Waals surface area contributed by atoms with Crippen LogP contribution in [0.4, 0.5) is 5.69 Å². The predicted molar refractivity (Wildman–Crippen MR) is 76.5 cm³/mol. The fraction of sp³-hybridized carbons (Fsp3) is 0.588. The van der Waals surface area contributed by atoms with E-state index in [9.17, 15) is 9.90 Å². The molecule has 2 bridgehead atoms. The molecule has 2 saturated heterocycles. The molecule has 110 valence electrons.